The molecule has 0 rings (SSSR count). The predicted octanol–water partition coefficient (Wildman–Crippen LogP) is 15.8. The number of amides is 1. The van der Waals surface area contributed by atoms with Gasteiger partial charge in [-0.2, -0.15) is 0 Å². The van der Waals surface area contributed by atoms with Gasteiger partial charge in [0, 0.05) is 6.42 Å². The van der Waals surface area contributed by atoms with Crippen molar-refractivity contribution in [2.24, 2.45) is 0 Å². The third-order valence-corrected chi connectivity index (χ3v) is 11.9. The molecule has 0 aromatic heterocycles. The predicted molar refractivity (Wildman–Crippen MR) is 264 cm³/mol. The normalized spacial score (nSPS) is 13.6. The first-order chi connectivity index (χ1) is 30.0. The summed E-state index contributed by atoms with van der Waals surface area (Å²) in [7, 11) is 0. The van der Waals surface area contributed by atoms with Crippen molar-refractivity contribution in [1.82, 2.24) is 5.32 Å². The Morgan fingerprint density at radius 2 is 0.836 bits per heavy atom. The molecule has 0 radical (unpaired) electrons. The van der Waals surface area contributed by atoms with Crippen LogP contribution in [0.4, 0.5) is 0 Å². The highest BCUT2D eigenvalue weighted by Gasteiger charge is 2.24. The molecule has 0 aliphatic heterocycles. The van der Waals surface area contributed by atoms with Crippen LogP contribution < -0.4 is 5.32 Å². The van der Waals surface area contributed by atoms with Crippen molar-refractivity contribution in [1.29, 1.82) is 0 Å². The summed E-state index contributed by atoms with van der Waals surface area (Å²) in [6.07, 6.45) is 58.8. The summed E-state index contributed by atoms with van der Waals surface area (Å²) in [5.41, 5.74) is 0. The number of aliphatic hydroxyl groups excluding tert-OH is 2. The Morgan fingerprint density at radius 3 is 1.31 bits per heavy atom. The van der Waals surface area contributed by atoms with Crippen LogP contribution in [0.5, 0.6) is 0 Å². The van der Waals surface area contributed by atoms with E-state index < -0.39 is 18.2 Å². The summed E-state index contributed by atoms with van der Waals surface area (Å²) in [5, 5.41) is 23.7. The zero-order chi connectivity index (χ0) is 44.5. The first-order valence-corrected chi connectivity index (χ1v) is 26.4. The minimum atomic E-state index is -0.795. The van der Waals surface area contributed by atoms with E-state index in [4.69, 9.17) is 4.74 Å². The van der Waals surface area contributed by atoms with Crippen molar-refractivity contribution in [2.75, 3.05) is 6.61 Å². The van der Waals surface area contributed by atoms with E-state index in [1.54, 1.807) is 0 Å². The molecule has 1 amide bonds. The quantitative estimate of drug-likeness (QED) is 0.0322. The number of nitrogens with one attached hydrogen (secondary N) is 1. The topological polar surface area (TPSA) is 95.9 Å². The van der Waals surface area contributed by atoms with Crippen LogP contribution in [-0.4, -0.2) is 46.9 Å². The largest absolute Gasteiger partial charge is 0.462 e. The first kappa shape index (κ1) is 58.8. The van der Waals surface area contributed by atoms with Crippen LogP contribution in [0.3, 0.4) is 0 Å². The monoisotopic (exact) mass is 856 g/mol. The molecule has 0 bridgehead atoms. The summed E-state index contributed by atoms with van der Waals surface area (Å²) in [4.78, 5) is 26.1. The number of allylic oxidation sites excluding steroid dienone is 8. The second-order valence-corrected chi connectivity index (χ2v) is 17.9. The van der Waals surface area contributed by atoms with E-state index in [0.29, 0.717) is 19.3 Å². The molecule has 356 valence electrons. The second-order valence-electron chi connectivity index (χ2n) is 17.9. The molecule has 0 aliphatic rings. The molecule has 0 fully saturated rings. The molecule has 3 atom stereocenters. The average molecular weight is 856 g/mol. The Morgan fingerprint density at radius 1 is 0.475 bits per heavy atom. The van der Waals surface area contributed by atoms with Crippen molar-refractivity contribution in [3.8, 4) is 0 Å². The van der Waals surface area contributed by atoms with Crippen LogP contribution in [0, 0.1) is 0 Å². The molecule has 0 aromatic rings. The maximum Gasteiger partial charge on any atom is 0.306 e. The minimum absolute atomic E-state index is 0.0574. The summed E-state index contributed by atoms with van der Waals surface area (Å²) >= 11 is 0. The number of ether oxygens (including phenoxy) is 1. The van der Waals surface area contributed by atoms with Gasteiger partial charge in [0.2, 0.25) is 5.91 Å². The van der Waals surface area contributed by atoms with E-state index in [9.17, 15) is 19.8 Å². The molecule has 3 unspecified atom stereocenters. The van der Waals surface area contributed by atoms with Crippen molar-refractivity contribution in [3.63, 3.8) is 0 Å². The third-order valence-electron chi connectivity index (χ3n) is 11.9. The molecular weight excluding hydrogens is 755 g/mol. The molecule has 0 saturated carbocycles. The van der Waals surface area contributed by atoms with E-state index in [2.05, 4.69) is 74.7 Å². The number of unbranched alkanes of at least 4 members (excludes halogenated alkanes) is 27. The van der Waals surface area contributed by atoms with Gasteiger partial charge in [-0.05, 0) is 89.9 Å². The van der Waals surface area contributed by atoms with Gasteiger partial charge in [-0.3, -0.25) is 9.59 Å². The lowest BCUT2D eigenvalue weighted by atomic mass is 10.0. The van der Waals surface area contributed by atoms with E-state index in [-0.39, 0.29) is 24.9 Å². The number of aliphatic hydroxyl groups is 2. The average Bonchev–Trinajstić information content (AvgIpc) is 3.25. The van der Waals surface area contributed by atoms with Gasteiger partial charge in [0.25, 0.3) is 0 Å². The van der Waals surface area contributed by atoms with Crippen molar-refractivity contribution in [2.45, 2.75) is 283 Å². The lowest BCUT2D eigenvalue weighted by Gasteiger charge is -2.24. The van der Waals surface area contributed by atoms with Gasteiger partial charge in [0.05, 0.1) is 25.2 Å². The van der Waals surface area contributed by atoms with Crippen molar-refractivity contribution >= 4 is 11.9 Å². The van der Waals surface area contributed by atoms with Crippen molar-refractivity contribution < 1.29 is 24.5 Å². The highest BCUT2D eigenvalue weighted by molar-refractivity contribution is 5.77. The lowest BCUT2D eigenvalue weighted by molar-refractivity contribution is -0.151. The summed E-state index contributed by atoms with van der Waals surface area (Å²) in [5.74, 6) is -0.509. The van der Waals surface area contributed by atoms with Gasteiger partial charge in [-0.25, -0.2) is 0 Å². The molecule has 0 heterocycles. The Bertz CT molecular complexity index is 1050. The fourth-order valence-corrected chi connectivity index (χ4v) is 7.84. The fourth-order valence-electron chi connectivity index (χ4n) is 7.84. The Labute approximate surface area is 378 Å². The molecule has 0 saturated heterocycles. The van der Waals surface area contributed by atoms with Gasteiger partial charge in [-0.15, -0.1) is 0 Å². The van der Waals surface area contributed by atoms with Gasteiger partial charge in [-0.1, -0.05) is 211 Å². The van der Waals surface area contributed by atoms with Crippen molar-refractivity contribution in [3.05, 3.63) is 48.6 Å². The number of rotatable bonds is 47. The van der Waals surface area contributed by atoms with E-state index in [0.717, 1.165) is 89.9 Å². The van der Waals surface area contributed by atoms with Crippen LogP contribution in [-0.2, 0) is 14.3 Å². The standard InChI is InChI=1S/C55H101NO5/c1-4-7-10-13-16-19-22-24-26-27-28-29-32-34-37-40-43-46-51(61-55(60)48-45-42-39-36-33-30-25-23-20-17-14-11-8-5-2)49-54(59)56-52(50-57)53(58)47-44-41-38-35-31-21-18-15-12-9-6-3/h16,19,24,26,28-30,33,51-53,57-58H,4-15,17-18,20-23,25,27,31-32,34-50H2,1-3H3,(H,56,59)/b19-16-,26-24-,29-28-,33-30-. The highest BCUT2D eigenvalue weighted by Crippen LogP contribution is 2.17. The van der Waals surface area contributed by atoms with E-state index in [1.807, 2.05) is 0 Å². The Kier molecular flexibility index (Phi) is 47.1. The molecule has 6 nitrogen and oxygen atoms in total. The maximum absolute atomic E-state index is 13.2. The molecule has 0 aromatic carbocycles. The van der Waals surface area contributed by atoms with Gasteiger partial charge < -0.3 is 20.3 Å². The van der Waals surface area contributed by atoms with Gasteiger partial charge in [0.15, 0.2) is 0 Å². The fraction of sp³-hybridized carbons (Fsp3) is 0.818. The zero-order valence-corrected chi connectivity index (χ0v) is 40.5. The molecule has 6 heteroatoms. The number of esters is 1. The lowest BCUT2D eigenvalue weighted by Crippen LogP contribution is -2.46. The summed E-state index contributed by atoms with van der Waals surface area (Å²) in [6, 6.07) is -0.711. The van der Waals surface area contributed by atoms with Crippen LogP contribution in [0.1, 0.15) is 265 Å². The molecule has 61 heavy (non-hydrogen) atoms. The summed E-state index contributed by atoms with van der Waals surface area (Å²) in [6.45, 7) is 6.44. The number of hydrogen-bond donors (Lipinski definition) is 3. The molecule has 3 N–H and O–H groups in total. The van der Waals surface area contributed by atoms with E-state index in [1.165, 1.54) is 128 Å². The maximum atomic E-state index is 13.2. The minimum Gasteiger partial charge on any atom is -0.462 e. The molecule has 0 aliphatic carbocycles. The van der Waals surface area contributed by atoms with Crippen LogP contribution in [0.2, 0.25) is 0 Å². The summed E-state index contributed by atoms with van der Waals surface area (Å²) < 4.78 is 5.92. The van der Waals surface area contributed by atoms with Crippen LogP contribution in [0.25, 0.3) is 0 Å². The first-order valence-electron chi connectivity index (χ1n) is 26.4. The van der Waals surface area contributed by atoms with E-state index >= 15 is 0 Å². The number of carbonyl (C=O) groups is 2. The molecule has 0 spiro atoms. The third kappa shape index (κ3) is 44.2. The molecular formula is C55H101NO5. The second kappa shape index (κ2) is 48.8. The SMILES string of the molecule is CCCCC/C=C\C/C=C\C/C=C\CCCCCCC(CC(=O)NC(CO)C(O)CCCCCCCCCCCCC)OC(=O)CCCCC/C=C\CCCCCCCCC. The smallest absolute Gasteiger partial charge is 0.306 e. The zero-order valence-electron chi connectivity index (χ0n) is 40.5. The number of hydrogen-bond acceptors (Lipinski definition) is 5. The number of carbonyl (C=O) groups excluding carboxylic acids is 2. The van der Waals surface area contributed by atoms with Crippen LogP contribution >= 0.6 is 0 Å². The van der Waals surface area contributed by atoms with Crippen LogP contribution in [0.15, 0.2) is 48.6 Å². The highest BCUT2D eigenvalue weighted by atomic mass is 16.5. The Balaban J connectivity index is 4.66. The Hall–Kier alpha value is -2.18. The van der Waals surface area contributed by atoms with Gasteiger partial charge >= 0.3 is 5.97 Å². The van der Waals surface area contributed by atoms with Gasteiger partial charge in [0.1, 0.15) is 6.10 Å².